The first kappa shape index (κ1) is 9.15. The van der Waals surface area contributed by atoms with Crippen LogP contribution in [0.1, 0.15) is 34.5 Å². The first-order valence-corrected chi connectivity index (χ1v) is 4.52. The molecule has 0 saturated carbocycles. The summed E-state index contributed by atoms with van der Waals surface area (Å²) in [5, 5.41) is 9.47. The van der Waals surface area contributed by atoms with E-state index in [1.807, 2.05) is 0 Å². The highest BCUT2D eigenvalue weighted by molar-refractivity contribution is 5.92. The fourth-order valence-electron chi connectivity index (χ4n) is 1.64. The van der Waals surface area contributed by atoms with Gasteiger partial charge < -0.3 is 9.84 Å². The van der Waals surface area contributed by atoms with Gasteiger partial charge in [0, 0.05) is 24.4 Å². The highest BCUT2D eigenvalue weighted by Crippen LogP contribution is 2.24. The smallest absolute Gasteiger partial charge is 0.340 e. The molecule has 1 N–H and O–H groups in total. The lowest BCUT2D eigenvalue weighted by Crippen LogP contribution is -2.20. The van der Waals surface area contributed by atoms with Gasteiger partial charge in [-0.1, -0.05) is 0 Å². The first-order valence-electron chi connectivity index (χ1n) is 4.52. The van der Waals surface area contributed by atoms with Crippen molar-refractivity contribution in [3.63, 3.8) is 0 Å². The predicted molar refractivity (Wildman–Crippen MR) is 48.9 cm³/mol. The number of cyclic esters (lactones) is 1. The summed E-state index contributed by atoms with van der Waals surface area (Å²) in [6.45, 7) is 2.05. The number of rotatable bonds is 1. The molecule has 2 rings (SSSR count). The highest BCUT2D eigenvalue weighted by Gasteiger charge is 2.22. The number of aliphatic hydroxyl groups excluding tert-OH is 1. The number of ether oxygens (including phenoxy) is 1. The number of aromatic nitrogens is 1. The molecular formula is C10H11NO3. The van der Waals surface area contributed by atoms with E-state index >= 15 is 0 Å². The van der Waals surface area contributed by atoms with E-state index in [-0.39, 0.29) is 5.97 Å². The minimum absolute atomic E-state index is 0.346. The van der Waals surface area contributed by atoms with Crippen molar-refractivity contribution in [3.8, 4) is 0 Å². The first-order chi connectivity index (χ1) is 6.70. The van der Waals surface area contributed by atoms with Crippen molar-refractivity contribution in [1.29, 1.82) is 0 Å². The summed E-state index contributed by atoms with van der Waals surface area (Å²) in [6, 6.07) is 0. The van der Waals surface area contributed by atoms with Crippen LogP contribution in [0.3, 0.4) is 0 Å². The van der Waals surface area contributed by atoms with E-state index in [1.54, 1.807) is 13.1 Å². The minimum Gasteiger partial charge on any atom is -0.462 e. The Morgan fingerprint density at radius 3 is 3.07 bits per heavy atom. The normalized spacial score (nSPS) is 17.1. The van der Waals surface area contributed by atoms with E-state index in [1.165, 1.54) is 6.20 Å². The molecule has 2 heterocycles. The largest absolute Gasteiger partial charge is 0.462 e. The Hall–Kier alpha value is -1.42. The minimum atomic E-state index is -0.594. The number of fused-ring (bicyclic) bond motifs is 1. The van der Waals surface area contributed by atoms with Crippen molar-refractivity contribution in [3.05, 3.63) is 29.1 Å². The van der Waals surface area contributed by atoms with Crippen LogP contribution in [0.5, 0.6) is 0 Å². The average Bonchev–Trinajstić information content (AvgIpc) is 2.17. The molecule has 4 nitrogen and oxygen atoms in total. The zero-order valence-corrected chi connectivity index (χ0v) is 7.86. The Bertz CT molecular complexity index is 374. The Morgan fingerprint density at radius 1 is 1.57 bits per heavy atom. The van der Waals surface area contributed by atoms with E-state index in [0.717, 1.165) is 11.1 Å². The maximum absolute atomic E-state index is 11.3. The van der Waals surface area contributed by atoms with E-state index < -0.39 is 6.10 Å². The molecule has 1 aliphatic heterocycles. The Balaban J connectivity index is 2.55. The quantitative estimate of drug-likeness (QED) is 0.671. The molecule has 1 aromatic rings. The standard InChI is InChI=1S/C10H11NO3/c1-6(12)8-4-11-5-9-7(8)2-3-14-10(9)13/h4-6,12H,2-3H2,1H3/t6-/m0/s1. The summed E-state index contributed by atoms with van der Waals surface area (Å²) < 4.78 is 4.88. The molecule has 0 amide bonds. The van der Waals surface area contributed by atoms with Crippen molar-refractivity contribution in [2.75, 3.05) is 6.61 Å². The van der Waals surface area contributed by atoms with Gasteiger partial charge >= 0.3 is 5.97 Å². The molecule has 0 bridgehead atoms. The van der Waals surface area contributed by atoms with Gasteiger partial charge in [-0.3, -0.25) is 4.98 Å². The molecule has 1 atom stereocenters. The Labute approximate surface area is 81.5 Å². The van der Waals surface area contributed by atoms with Gasteiger partial charge in [0.25, 0.3) is 0 Å². The molecule has 0 spiro atoms. The third-order valence-corrected chi connectivity index (χ3v) is 2.35. The molecule has 0 aromatic carbocycles. The van der Waals surface area contributed by atoms with Crippen LogP contribution in [0.4, 0.5) is 0 Å². The average molecular weight is 193 g/mol. The summed E-state index contributed by atoms with van der Waals surface area (Å²) in [5.74, 6) is -0.346. The van der Waals surface area contributed by atoms with Crippen LogP contribution in [0.2, 0.25) is 0 Å². The number of carbonyl (C=O) groups is 1. The third kappa shape index (κ3) is 1.37. The van der Waals surface area contributed by atoms with Crippen LogP contribution in [-0.2, 0) is 11.2 Å². The van der Waals surface area contributed by atoms with Gasteiger partial charge in [0.2, 0.25) is 0 Å². The molecule has 1 aliphatic rings. The SMILES string of the molecule is C[C@H](O)c1cncc2c1CCOC2=O. The second kappa shape index (κ2) is 3.38. The van der Waals surface area contributed by atoms with Crippen LogP contribution in [-0.4, -0.2) is 22.7 Å². The van der Waals surface area contributed by atoms with Gasteiger partial charge in [-0.25, -0.2) is 4.79 Å². The zero-order chi connectivity index (χ0) is 10.1. The van der Waals surface area contributed by atoms with Crippen molar-refractivity contribution >= 4 is 5.97 Å². The van der Waals surface area contributed by atoms with Gasteiger partial charge in [-0.05, 0) is 12.5 Å². The number of carbonyl (C=O) groups excluding carboxylic acids is 1. The molecule has 0 aliphatic carbocycles. The van der Waals surface area contributed by atoms with Crippen molar-refractivity contribution < 1.29 is 14.6 Å². The fraction of sp³-hybridized carbons (Fsp3) is 0.400. The van der Waals surface area contributed by atoms with Crippen LogP contribution < -0.4 is 0 Å². The van der Waals surface area contributed by atoms with Crippen LogP contribution in [0, 0.1) is 0 Å². The third-order valence-electron chi connectivity index (χ3n) is 2.35. The topological polar surface area (TPSA) is 59.4 Å². The Morgan fingerprint density at radius 2 is 2.36 bits per heavy atom. The maximum Gasteiger partial charge on any atom is 0.340 e. The van der Waals surface area contributed by atoms with Crippen LogP contribution in [0.25, 0.3) is 0 Å². The molecule has 0 radical (unpaired) electrons. The monoisotopic (exact) mass is 193 g/mol. The number of hydrogen-bond donors (Lipinski definition) is 1. The lowest BCUT2D eigenvalue weighted by atomic mass is 9.97. The summed E-state index contributed by atoms with van der Waals surface area (Å²) in [6.07, 6.45) is 3.15. The van der Waals surface area contributed by atoms with Crippen LogP contribution in [0.15, 0.2) is 12.4 Å². The van der Waals surface area contributed by atoms with Crippen molar-refractivity contribution in [2.45, 2.75) is 19.4 Å². The molecule has 14 heavy (non-hydrogen) atoms. The fourth-order valence-corrected chi connectivity index (χ4v) is 1.64. The summed E-state index contributed by atoms with van der Waals surface area (Å²) in [4.78, 5) is 15.2. The zero-order valence-electron chi connectivity index (χ0n) is 7.86. The van der Waals surface area contributed by atoms with E-state index in [0.29, 0.717) is 18.6 Å². The van der Waals surface area contributed by atoms with Gasteiger partial charge in [0.1, 0.15) is 0 Å². The number of nitrogens with zero attached hydrogens (tertiary/aromatic N) is 1. The second-order valence-electron chi connectivity index (χ2n) is 3.32. The summed E-state index contributed by atoms with van der Waals surface area (Å²) >= 11 is 0. The van der Waals surface area contributed by atoms with Crippen LogP contribution >= 0.6 is 0 Å². The number of aliphatic hydroxyl groups is 1. The highest BCUT2D eigenvalue weighted by atomic mass is 16.5. The Kier molecular flexibility index (Phi) is 2.21. The molecule has 1 aromatic heterocycles. The molecular weight excluding hydrogens is 182 g/mol. The number of esters is 1. The van der Waals surface area contributed by atoms with E-state index in [2.05, 4.69) is 4.98 Å². The molecule has 0 unspecified atom stereocenters. The lowest BCUT2D eigenvalue weighted by molar-refractivity contribution is 0.0477. The predicted octanol–water partition coefficient (Wildman–Crippen LogP) is 0.848. The van der Waals surface area contributed by atoms with Gasteiger partial charge in [-0.15, -0.1) is 0 Å². The summed E-state index contributed by atoms with van der Waals surface area (Å²) in [7, 11) is 0. The maximum atomic E-state index is 11.3. The number of hydrogen-bond acceptors (Lipinski definition) is 4. The van der Waals surface area contributed by atoms with E-state index in [4.69, 9.17) is 4.74 Å². The number of pyridine rings is 1. The van der Waals surface area contributed by atoms with Gasteiger partial charge in [0.15, 0.2) is 0 Å². The second-order valence-corrected chi connectivity index (χ2v) is 3.32. The van der Waals surface area contributed by atoms with Crippen molar-refractivity contribution in [1.82, 2.24) is 4.98 Å². The molecule has 0 saturated heterocycles. The van der Waals surface area contributed by atoms with Gasteiger partial charge in [0.05, 0.1) is 18.3 Å². The molecule has 74 valence electrons. The summed E-state index contributed by atoms with van der Waals surface area (Å²) in [5.41, 5.74) is 2.07. The van der Waals surface area contributed by atoms with E-state index in [9.17, 15) is 9.90 Å². The molecule has 4 heteroatoms. The van der Waals surface area contributed by atoms with Gasteiger partial charge in [-0.2, -0.15) is 0 Å². The van der Waals surface area contributed by atoms with Crippen molar-refractivity contribution in [2.24, 2.45) is 0 Å². The lowest BCUT2D eigenvalue weighted by Gasteiger charge is -2.19. The molecule has 0 fully saturated rings.